The maximum atomic E-state index is 9.09. The number of hydrogen-bond acceptors (Lipinski definition) is 3. The summed E-state index contributed by atoms with van der Waals surface area (Å²) in [5.41, 5.74) is 0.708. The molecule has 1 N–H and O–H groups in total. The van der Waals surface area contributed by atoms with Crippen LogP contribution < -0.4 is 4.74 Å². The maximum absolute atomic E-state index is 9.09. The van der Waals surface area contributed by atoms with E-state index in [1.807, 2.05) is 19.9 Å². The summed E-state index contributed by atoms with van der Waals surface area (Å²) in [5, 5.41) is 9.09. The highest BCUT2D eigenvalue weighted by Crippen LogP contribution is 2.21. The van der Waals surface area contributed by atoms with Crippen molar-refractivity contribution in [2.24, 2.45) is 0 Å². The second-order valence-corrected chi connectivity index (χ2v) is 4.03. The Morgan fingerprint density at radius 3 is 2.93 bits per heavy atom. The zero-order valence-corrected chi connectivity index (χ0v) is 9.91. The van der Waals surface area contributed by atoms with Crippen LogP contribution in [0.25, 0.3) is 0 Å². The first-order chi connectivity index (χ1) is 6.67. The van der Waals surface area contributed by atoms with Crippen molar-refractivity contribution in [3.63, 3.8) is 0 Å². The van der Waals surface area contributed by atoms with Gasteiger partial charge in [-0.25, -0.2) is 4.98 Å². The van der Waals surface area contributed by atoms with Gasteiger partial charge < -0.3 is 9.84 Å². The number of pyridine rings is 1. The molecule has 1 rings (SSSR count). The Morgan fingerprint density at radius 2 is 2.36 bits per heavy atom. The first-order valence-corrected chi connectivity index (χ1v) is 5.38. The SMILES string of the molecule is CCC(C)Oc1ncc(Br)cc1CO. The second kappa shape index (κ2) is 5.32. The van der Waals surface area contributed by atoms with Crippen LogP contribution >= 0.6 is 15.9 Å². The molecular formula is C10H14BrNO2. The molecular weight excluding hydrogens is 246 g/mol. The summed E-state index contributed by atoms with van der Waals surface area (Å²) < 4.78 is 6.39. The van der Waals surface area contributed by atoms with Gasteiger partial charge >= 0.3 is 0 Å². The van der Waals surface area contributed by atoms with Crippen molar-refractivity contribution in [2.75, 3.05) is 0 Å². The molecule has 0 aromatic carbocycles. The van der Waals surface area contributed by atoms with Gasteiger partial charge in [0, 0.05) is 16.2 Å². The Bertz CT molecular complexity index is 304. The van der Waals surface area contributed by atoms with Gasteiger partial charge in [-0.15, -0.1) is 0 Å². The van der Waals surface area contributed by atoms with E-state index in [1.54, 1.807) is 6.20 Å². The number of aliphatic hydroxyl groups is 1. The van der Waals surface area contributed by atoms with Gasteiger partial charge in [0.25, 0.3) is 0 Å². The molecule has 1 aromatic rings. The molecule has 1 aromatic heterocycles. The van der Waals surface area contributed by atoms with E-state index >= 15 is 0 Å². The van der Waals surface area contributed by atoms with E-state index in [2.05, 4.69) is 20.9 Å². The van der Waals surface area contributed by atoms with E-state index < -0.39 is 0 Å². The standard InChI is InChI=1S/C10H14BrNO2/c1-3-7(2)14-10-8(6-13)4-9(11)5-12-10/h4-5,7,13H,3,6H2,1-2H3. The lowest BCUT2D eigenvalue weighted by Gasteiger charge is -2.13. The van der Waals surface area contributed by atoms with Crippen LogP contribution in [-0.2, 0) is 6.61 Å². The van der Waals surface area contributed by atoms with Crippen LogP contribution in [0.1, 0.15) is 25.8 Å². The predicted molar refractivity (Wildman–Crippen MR) is 58.2 cm³/mol. The minimum atomic E-state index is -0.0573. The Hall–Kier alpha value is -0.610. The molecule has 0 bridgehead atoms. The fourth-order valence-electron chi connectivity index (χ4n) is 0.962. The van der Waals surface area contributed by atoms with Gasteiger partial charge in [-0.1, -0.05) is 6.92 Å². The predicted octanol–water partition coefficient (Wildman–Crippen LogP) is 2.51. The summed E-state index contributed by atoms with van der Waals surface area (Å²) in [6.07, 6.45) is 2.70. The van der Waals surface area contributed by atoms with E-state index in [-0.39, 0.29) is 12.7 Å². The summed E-state index contributed by atoms with van der Waals surface area (Å²) >= 11 is 3.29. The van der Waals surface area contributed by atoms with Crippen molar-refractivity contribution in [2.45, 2.75) is 33.0 Å². The molecule has 1 heterocycles. The van der Waals surface area contributed by atoms with Crippen LogP contribution in [-0.4, -0.2) is 16.2 Å². The van der Waals surface area contributed by atoms with Crippen molar-refractivity contribution in [3.05, 3.63) is 22.3 Å². The third-order valence-corrected chi connectivity index (χ3v) is 2.38. The molecule has 0 saturated heterocycles. The summed E-state index contributed by atoms with van der Waals surface area (Å²) in [7, 11) is 0. The molecule has 1 atom stereocenters. The maximum Gasteiger partial charge on any atom is 0.219 e. The summed E-state index contributed by atoms with van der Waals surface area (Å²) in [6.45, 7) is 3.96. The largest absolute Gasteiger partial charge is 0.474 e. The highest BCUT2D eigenvalue weighted by Gasteiger charge is 2.08. The van der Waals surface area contributed by atoms with E-state index in [1.165, 1.54) is 0 Å². The zero-order valence-electron chi connectivity index (χ0n) is 8.33. The minimum absolute atomic E-state index is 0.0573. The van der Waals surface area contributed by atoms with Gasteiger partial charge in [0.15, 0.2) is 0 Å². The smallest absolute Gasteiger partial charge is 0.219 e. The fraction of sp³-hybridized carbons (Fsp3) is 0.500. The molecule has 0 aliphatic carbocycles. The fourth-order valence-corrected chi connectivity index (χ4v) is 1.34. The van der Waals surface area contributed by atoms with Crippen molar-refractivity contribution in [1.29, 1.82) is 0 Å². The zero-order chi connectivity index (χ0) is 10.6. The lowest BCUT2D eigenvalue weighted by Crippen LogP contribution is -2.12. The third kappa shape index (κ3) is 2.96. The summed E-state index contributed by atoms with van der Waals surface area (Å²) in [4.78, 5) is 4.11. The van der Waals surface area contributed by atoms with Crippen LogP contribution in [0.4, 0.5) is 0 Å². The van der Waals surface area contributed by atoms with Crippen molar-refractivity contribution < 1.29 is 9.84 Å². The minimum Gasteiger partial charge on any atom is -0.474 e. The van der Waals surface area contributed by atoms with Gasteiger partial charge in [-0.2, -0.15) is 0 Å². The second-order valence-electron chi connectivity index (χ2n) is 3.11. The number of nitrogens with zero attached hydrogens (tertiary/aromatic N) is 1. The van der Waals surface area contributed by atoms with Gasteiger partial charge in [0.05, 0.1) is 12.7 Å². The van der Waals surface area contributed by atoms with E-state index in [0.717, 1.165) is 10.9 Å². The molecule has 0 spiro atoms. The van der Waals surface area contributed by atoms with Crippen LogP contribution in [0.2, 0.25) is 0 Å². The molecule has 1 unspecified atom stereocenters. The number of aliphatic hydroxyl groups excluding tert-OH is 1. The molecule has 0 radical (unpaired) electrons. The highest BCUT2D eigenvalue weighted by atomic mass is 79.9. The summed E-state index contributed by atoms with van der Waals surface area (Å²) in [6, 6.07) is 1.81. The quantitative estimate of drug-likeness (QED) is 0.904. The average Bonchev–Trinajstić information content (AvgIpc) is 2.20. The Labute approximate surface area is 92.3 Å². The molecule has 14 heavy (non-hydrogen) atoms. The number of halogens is 1. The van der Waals surface area contributed by atoms with Crippen LogP contribution in [0.3, 0.4) is 0 Å². The average molecular weight is 260 g/mol. The highest BCUT2D eigenvalue weighted by molar-refractivity contribution is 9.10. The number of rotatable bonds is 4. The van der Waals surface area contributed by atoms with Gasteiger partial charge in [-0.05, 0) is 35.3 Å². The van der Waals surface area contributed by atoms with Crippen molar-refractivity contribution in [1.82, 2.24) is 4.98 Å². The van der Waals surface area contributed by atoms with Gasteiger partial charge in [0.2, 0.25) is 5.88 Å². The van der Waals surface area contributed by atoms with Gasteiger partial charge in [0.1, 0.15) is 0 Å². The first-order valence-electron chi connectivity index (χ1n) is 4.59. The Balaban J connectivity index is 2.85. The van der Waals surface area contributed by atoms with E-state index in [0.29, 0.717) is 11.4 Å². The molecule has 0 aliphatic heterocycles. The first kappa shape index (κ1) is 11.5. The van der Waals surface area contributed by atoms with Crippen LogP contribution in [0.5, 0.6) is 5.88 Å². The Morgan fingerprint density at radius 1 is 1.64 bits per heavy atom. The van der Waals surface area contributed by atoms with E-state index in [9.17, 15) is 0 Å². The molecule has 0 saturated carbocycles. The van der Waals surface area contributed by atoms with E-state index in [4.69, 9.17) is 9.84 Å². The molecule has 78 valence electrons. The van der Waals surface area contributed by atoms with Crippen molar-refractivity contribution >= 4 is 15.9 Å². The van der Waals surface area contributed by atoms with Crippen molar-refractivity contribution in [3.8, 4) is 5.88 Å². The number of hydrogen-bond donors (Lipinski definition) is 1. The Kier molecular flexibility index (Phi) is 4.35. The molecule has 0 amide bonds. The molecule has 3 nitrogen and oxygen atoms in total. The topological polar surface area (TPSA) is 42.4 Å². The molecule has 4 heteroatoms. The lowest BCUT2D eigenvalue weighted by molar-refractivity contribution is 0.197. The third-order valence-electron chi connectivity index (χ3n) is 1.95. The van der Waals surface area contributed by atoms with Crippen LogP contribution in [0.15, 0.2) is 16.7 Å². The van der Waals surface area contributed by atoms with Crippen LogP contribution in [0, 0.1) is 0 Å². The number of aromatic nitrogens is 1. The molecule has 0 fully saturated rings. The van der Waals surface area contributed by atoms with Gasteiger partial charge in [-0.3, -0.25) is 0 Å². The lowest BCUT2D eigenvalue weighted by atomic mass is 10.3. The molecule has 0 aliphatic rings. The monoisotopic (exact) mass is 259 g/mol. The normalized spacial score (nSPS) is 12.6. The number of ether oxygens (including phenoxy) is 1. The summed E-state index contributed by atoms with van der Waals surface area (Å²) in [5.74, 6) is 0.519.